The lowest BCUT2D eigenvalue weighted by Crippen LogP contribution is -2.18. The van der Waals surface area contributed by atoms with Crippen LogP contribution in [0.5, 0.6) is 0 Å². The zero-order valence-electron chi connectivity index (χ0n) is 10.00. The van der Waals surface area contributed by atoms with Crippen LogP contribution < -0.4 is 5.32 Å². The first-order valence-electron chi connectivity index (χ1n) is 5.64. The molecule has 0 aliphatic carbocycles. The van der Waals surface area contributed by atoms with E-state index in [0.29, 0.717) is 6.04 Å². The summed E-state index contributed by atoms with van der Waals surface area (Å²) < 4.78 is 1.11. The van der Waals surface area contributed by atoms with Crippen LogP contribution in [0.1, 0.15) is 29.8 Å². The van der Waals surface area contributed by atoms with Crippen LogP contribution in [-0.4, -0.2) is 10.2 Å². The summed E-state index contributed by atoms with van der Waals surface area (Å²) >= 11 is 3.44. The first-order valence-corrected chi connectivity index (χ1v) is 6.44. The van der Waals surface area contributed by atoms with Crippen molar-refractivity contribution >= 4 is 15.9 Å². The predicted molar refractivity (Wildman–Crippen MR) is 72.7 cm³/mol. The molecule has 17 heavy (non-hydrogen) atoms. The van der Waals surface area contributed by atoms with Gasteiger partial charge in [0.1, 0.15) is 0 Å². The molecule has 1 aromatic carbocycles. The van der Waals surface area contributed by atoms with Gasteiger partial charge in [-0.1, -0.05) is 28.1 Å². The number of aromatic amines is 1. The highest BCUT2D eigenvalue weighted by Crippen LogP contribution is 2.17. The van der Waals surface area contributed by atoms with E-state index in [2.05, 4.69) is 62.6 Å². The molecule has 90 valence electrons. The lowest BCUT2D eigenvalue weighted by molar-refractivity contribution is 0.573. The number of nitrogens with one attached hydrogen (secondary N) is 2. The first-order chi connectivity index (χ1) is 8.16. The molecular formula is C13H16BrN3. The molecule has 0 saturated carbocycles. The summed E-state index contributed by atoms with van der Waals surface area (Å²) in [5, 5.41) is 10.4. The maximum Gasteiger partial charge on any atom is 0.0535 e. The van der Waals surface area contributed by atoms with Crippen molar-refractivity contribution in [2.45, 2.75) is 26.4 Å². The van der Waals surface area contributed by atoms with Gasteiger partial charge in [0.2, 0.25) is 0 Å². The van der Waals surface area contributed by atoms with Gasteiger partial charge in [0.15, 0.2) is 0 Å². The second kappa shape index (κ2) is 5.47. The van der Waals surface area contributed by atoms with Crippen LogP contribution in [0.3, 0.4) is 0 Å². The third-order valence-corrected chi connectivity index (χ3v) is 3.43. The zero-order chi connectivity index (χ0) is 12.3. The Morgan fingerprint density at radius 2 is 2.06 bits per heavy atom. The van der Waals surface area contributed by atoms with Crippen LogP contribution in [0.2, 0.25) is 0 Å². The molecule has 0 amide bonds. The van der Waals surface area contributed by atoms with Gasteiger partial charge in [0.25, 0.3) is 0 Å². The van der Waals surface area contributed by atoms with Gasteiger partial charge in [0, 0.05) is 28.3 Å². The quantitative estimate of drug-likeness (QED) is 0.908. The molecule has 0 aliphatic rings. The van der Waals surface area contributed by atoms with Gasteiger partial charge < -0.3 is 5.32 Å². The van der Waals surface area contributed by atoms with E-state index in [1.807, 2.05) is 13.1 Å². The summed E-state index contributed by atoms with van der Waals surface area (Å²) in [5.74, 6) is 0. The van der Waals surface area contributed by atoms with E-state index in [9.17, 15) is 0 Å². The minimum absolute atomic E-state index is 0.331. The van der Waals surface area contributed by atoms with Gasteiger partial charge in [-0.05, 0) is 31.5 Å². The van der Waals surface area contributed by atoms with E-state index in [4.69, 9.17) is 0 Å². The molecule has 0 fully saturated rings. The van der Waals surface area contributed by atoms with Crippen molar-refractivity contribution in [3.63, 3.8) is 0 Å². The standard InChI is InChI=1S/C13H16BrN3/c1-9(11-3-5-13(14)6-4-11)15-7-12-8-16-17-10(12)2/h3-6,8-9,15H,7H2,1-2H3,(H,16,17)/t9-/m1/s1. The Morgan fingerprint density at radius 3 is 2.65 bits per heavy atom. The van der Waals surface area contributed by atoms with Crippen molar-refractivity contribution in [2.75, 3.05) is 0 Å². The minimum atomic E-state index is 0.331. The molecule has 4 heteroatoms. The monoisotopic (exact) mass is 293 g/mol. The molecule has 0 spiro atoms. The van der Waals surface area contributed by atoms with E-state index in [-0.39, 0.29) is 0 Å². The van der Waals surface area contributed by atoms with E-state index >= 15 is 0 Å². The summed E-state index contributed by atoms with van der Waals surface area (Å²) in [6, 6.07) is 8.72. The van der Waals surface area contributed by atoms with Gasteiger partial charge in [-0.3, -0.25) is 5.10 Å². The number of hydrogen-bond donors (Lipinski definition) is 2. The second-order valence-corrected chi connectivity index (χ2v) is 5.09. The third kappa shape index (κ3) is 3.17. The fourth-order valence-electron chi connectivity index (χ4n) is 1.69. The van der Waals surface area contributed by atoms with Crippen LogP contribution in [0.25, 0.3) is 0 Å². The van der Waals surface area contributed by atoms with Crippen molar-refractivity contribution in [2.24, 2.45) is 0 Å². The lowest BCUT2D eigenvalue weighted by atomic mass is 10.1. The predicted octanol–water partition coefficient (Wildman–Crippen LogP) is 3.33. The van der Waals surface area contributed by atoms with Crippen LogP contribution >= 0.6 is 15.9 Å². The number of aryl methyl sites for hydroxylation is 1. The summed E-state index contributed by atoms with van der Waals surface area (Å²) in [4.78, 5) is 0. The van der Waals surface area contributed by atoms with E-state index in [1.54, 1.807) is 0 Å². The average Bonchev–Trinajstić information content (AvgIpc) is 2.73. The zero-order valence-corrected chi connectivity index (χ0v) is 11.6. The van der Waals surface area contributed by atoms with Crippen molar-refractivity contribution in [1.29, 1.82) is 0 Å². The Morgan fingerprint density at radius 1 is 1.35 bits per heavy atom. The number of benzene rings is 1. The van der Waals surface area contributed by atoms with Crippen LogP contribution in [0, 0.1) is 6.92 Å². The highest BCUT2D eigenvalue weighted by Gasteiger charge is 2.06. The summed E-state index contributed by atoms with van der Waals surface area (Å²) in [6.07, 6.45) is 1.87. The number of hydrogen-bond acceptors (Lipinski definition) is 2. The maximum atomic E-state index is 4.01. The van der Waals surface area contributed by atoms with E-state index < -0.39 is 0 Å². The number of H-pyrrole nitrogens is 1. The van der Waals surface area contributed by atoms with Gasteiger partial charge in [-0.25, -0.2) is 0 Å². The van der Waals surface area contributed by atoms with Gasteiger partial charge in [-0.2, -0.15) is 5.10 Å². The molecule has 2 aromatic rings. The molecule has 0 aliphatic heterocycles. The molecule has 1 heterocycles. The summed E-state index contributed by atoms with van der Waals surface area (Å²) in [5.41, 5.74) is 3.63. The molecule has 1 aromatic heterocycles. The average molecular weight is 294 g/mol. The van der Waals surface area contributed by atoms with Crippen molar-refractivity contribution in [3.05, 3.63) is 51.8 Å². The Bertz CT molecular complexity index is 476. The largest absolute Gasteiger partial charge is 0.306 e. The number of aromatic nitrogens is 2. The fourth-order valence-corrected chi connectivity index (χ4v) is 1.95. The molecule has 0 radical (unpaired) electrons. The first kappa shape index (κ1) is 12.3. The Balaban J connectivity index is 1.95. The number of halogens is 1. The topological polar surface area (TPSA) is 40.7 Å². The third-order valence-electron chi connectivity index (χ3n) is 2.90. The van der Waals surface area contributed by atoms with Crippen molar-refractivity contribution in [1.82, 2.24) is 15.5 Å². The van der Waals surface area contributed by atoms with Crippen molar-refractivity contribution < 1.29 is 0 Å². The number of rotatable bonds is 4. The highest BCUT2D eigenvalue weighted by molar-refractivity contribution is 9.10. The Hall–Kier alpha value is -1.13. The van der Waals surface area contributed by atoms with Gasteiger partial charge in [0.05, 0.1) is 6.20 Å². The molecule has 0 unspecified atom stereocenters. The van der Waals surface area contributed by atoms with Gasteiger partial charge >= 0.3 is 0 Å². The van der Waals surface area contributed by atoms with Crippen LogP contribution in [0.15, 0.2) is 34.9 Å². The van der Waals surface area contributed by atoms with Crippen LogP contribution in [0.4, 0.5) is 0 Å². The molecule has 1 atom stereocenters. The van der Waals surface area contributed by atoms with E-state index in [0.717, 1.165) is 16.7 Å². The normalized spacial score (nSPS) is 12.6. The lowest BCUT2D eigenvalue weighted by Gasteiger charge is -2.14. The van der Waals surface area contributed by atoms with Crippen molar-refractivity contribution in [3.8, 4) is 0 Å². The summed E-state index contributed by atoms with van der Waals surface area (Å²) in [7, 11) is 0. The SMILES string of the molecule is Cc1[nH]ncc1CN[C@H](C)c1ccc(Br)cc1. The highest BCUT2D eigenvalue weighted by atomic mass is 79.9. The molecule has 2 rings (SSSR count). The molecule has 2 N–H and O–H groups in total. The smallest absolute Gasteiger partial charge is 0.0535 e. The van der Waals surface area contributed by atoms with Gasteiger partial charge in [-0.15, -0.1) is 0 Å². The number of nitrogens with zero attached hydrogens (tertiary/aromatic N) is 1. The Labute approximate surface area is 110 Å². The maximum absolute atomic E-state index is 4.01. The molecule has 0 saturated heterocycles. The van der Waals surface area contributed by atoms with Crippen LogP contribution in [-0.2, 0) is 6.54 Å². The molecule has 3 nitrogen and oxygen atoms in total. The summed E-state index contributed by atoms with van der Waals surface area (Å²) in [6.45, 7) is 5.03. The molecular weight excluding hydrogens is 278 g/mol. The van der Waals surface area contributed by atoms with E-state index in [1.165, 1.54) is 11.1 Å². The minimum Gasteiger partial charge on any atom is -0.306 e. The molecule has 0 bridgehead atoms. The Kier molecular flexibility index (Phi) is 3.97. The fraction of sp³-hybridized carbons (Fsp3) is 0.308. The second-order valence-electron chi connectivity index (χ2n) is 4.17.